The number of nitrogens with zero attached hydrogens (tertiary/aromatic N) is 1. The van der Waals surface area contributed by atoms with E-state index in [2.05, 4.69) is 40.4 Å². The van der Waals surface area contributed by atoms with Gasteiger partial charge < -0.3 is 15.0 Å². The number of hydrogen-bond donors (Lipinski definition) is 2. The number of benzene rings is 2. The molecule has 0 bridgehead atoms. The Hall–Kier alpha value is -2.33. The predicted molar refractivity (Wildman–Crippen MR) is 89.0 cm³/mol. The van der Waals surface area contributed by atoms with Crippen LogP contribution in [0.2, 0.25) is 0 Å². The van der Waals surface area contributed by atoms with E-state index in [0.29, 0.717) is 0 Å². The van der Waals surface area contributed by atoms with Gasteiger partial charge in [-0.25, -0.2) is 4.98 Å². The van der Waals surface area contributed by atoms with Crippen molar-refractivity contribution < 1.29 is 4.74 Å². The molecule has 0 aliphatic rings. The summed E-state index contributed by atoms with van der Waals surface area (Å²) in [6.45, 7) is 2.95. The van der Waals surface area contributed by atoms with Gasteiger partial charge in [0.05, 0.1) is 24.2 Å². The Labute approximate surface area is 130 Å². The second-order valence-electron chi connectivity index (χ2n) is 5.33. The van der Waals surface area contributed by atoms with Crippen molar-refractivity contribution in [2.45, 2.75) is 25.9 Å². The molecule has 1 unspecified atom stereocenters. The predicted octanol–water partition coefficient (Wildman–Crippen LogP) is 3.81. The average Bonchev–Trinajstić information content (AvgIpc) is 2.99. The van der Waals surface area contributed by atoms with Crippen LogP contribution in [0.25, 0.3) is 11.0 Å². The van der Waals surface area contributed by atoms with Crippen molar-refractivity contribution in [1.29, 1.82) is 0 Å². The summed E-state index contributed by atoms with van der Waals surface area (Å²) in [6.07, 6.45) is 0.976. The van der Waals surface area contributed by atoms with Crippen molar-refractivity contribution in [1.82, 2.24) is 15.3 Å². The maximum atomic E-state index is 5.27. The molecule has 0 saturated carbocycles. The molecule has 4 nitrogen and oxygen atoms in total. The Bertz CT molecular complexity index is 718. The number of rotatable bonds is 6. The summed E-state index contributed by atoms with van der Waals surface area (Å²) in [5.74, 6) is 1.88. The lowest BCUT2D eigenvalue weighted by atomic mass is 10.1. The van der Waals surface area contributed by atoms with Gasteiger partial charge in [-0.15, -0.1) is 0 Å². The first kappa shape index (κ1) is 14.6. The van der Waals surface area contributed by atoms with Gasteiger partial charge in [0.1, 0.15) is 11.6 Å². The summed E-state index contributed by atoms with van der Waals surface area (Å²) in [5.41, 5.74) is 3.30. The molecule has 1 heterocycles. The van der Waals surface area contributed by atoms with Crippen LogP contribution in [-0.2, 0) is 6.54 Å². The van der Waals surface area contributed by atoms with Gasteiger partial charge in [0.25, 0.3) is 0 Å². The quantitative estimate of drug-likeness (QED) is 0.727. The number of aromatic amines is 1. The molecule has 0 aliphatic heterocycles. The third kappa shape index (κ3) is 3.12. The SMILES string of the molecule is CCC(NCc1cccc(OC)c1)c1nc2ccccc2[nH]1. The number of fused-ring (bicyclic) bond motifs is 1. The fourth-order valence-corrected chi connectivity index (χ4v) is 2.60. The van der Waals surface area contributed by atoms with Gasteiger partial charge >= 0.3 is 0 Å². The Morgan fingerprint density at radius 3 is 2.82 bits per heavy atom. The van der Waals surface area contributed by atoms with Gasteiger partial charge in [-0.1, -0.05) is 31.2 Å². The zero-order chi connectivity index (χ0) is 15.4. The fraction of sp³-hybridized carbons (Fsp3) is 0.278. The van der Waals surface area contributed by atoms with Gasteiger partial charge in [0, 0.05) is 6.54 Å². The van der Waals surface area contributed by atoms with Crippen molar-refractivity contribution in [3.05, 3.63) is 59.9 Å². The summed E-state index contributed by atoms with van der Waals surface area (Å²) in [6, 6.07) is 16.5. The van der Waals surface area contributed by atoms with E-state index in [1.54, 1.807) is 7.11 Å². The Morgan fingerprint density at radius 2 is 2.05 bits per heavy atom. The van der Waals surface area contributed by atoms with E-state index in [-0.39, 0.29) is 6.04 Å². The molecule has 114 valence electrons. The summed E-state index contributed by atoms with van der Waals surface area (Å²) >= 11 is 0. The first-order chi connectivity index (χ1) is 10.8. The number of imidazole rings is 1. The second kappa shape index (κ2) is 6.62. The lowest BCUT2D eigenvalue weighted by Gasteiger charge is -2.15. The molecule has 4 heteroatoms. The smallest absolute Gasteiger partial charge is 0.124 e. The number of ether oxygens (including phenoxy) is 1. The van der Waals surface area contributed by atoms with Crippen molar-refractivity contribution in [2.24, 2.45) is 0 Å². The number of nitrogens with one attached hydrogen (secondary N) is 2. The van der Waals surface area contributed by atoms with Gasteiger partial charge in [-0.2, -0.15) is 0 Å². The van der Waals surface area contributed by atoms with Crippen molar-refractivity contribution >= 4 is 11.0 Å². The number of aromatic nitrogens is 2. The van der Waals surface area contributed by atoms with Crippen LogP contribution in [0.3, 0.4) is 0 Å². The minimum atomic E-state index is 0.207. The zero-order valence-electron chi connectivity index (χ0n) is 13.0. The molecule has 22 heavy (non-hydrogen) atoms. The van der Waals surface area contributed by atoms with E-state index in [0.717, 1.165) is 35.6 Å². The first-order valence-corrected chi connectivity index (χ1v) is 7.61. The maximum Gasteiger partial charge on any atom is 0.124 e. The van der Waals surface area contributed by atoms with E-state index < -0.39 is 0 Å². The fourth-order valence-electron chi connectivity index (χ4n) is 2.60. The molecule has 1 aromatic heterocycles. The normalized spacial score (nSPS) is 12.5. The zero-order valence-corrected chi connectivity index (χ0v) is 13.0. The Balaban J connectivity index is 1.73. The highest BCUT2D eigenvalue weighted by atomic mass is 16.5. The molecule has 2 N–H and O–H groups in total. The molecule has 1 atom stereocenters. The van der Waals surface area contributed by atoms with Gasteiger partial charge in [0.15, 0.2) is 0 Å². The highest BCUT2D eigenvalue weighted by Gasteiger charge is 2.13. The van der Waals surface area contributed by atoms with Crippen molar-refractivity contribution in [3.8, 4) is 5.75 Å². The minimum absolute atomic E-state index is 0.207. The Kier molecular flexibility index (Phi) is 4.39. The third-order valence-electron chi connectivity index (χ3n) is 3.83. The molecule has 0 spiro atoms. The molecule has 3 aromatic rings. The van der Waals surface area contributed by atoms with Crippen molar-refractivity contribution in [2.75, 3.05) is 7.11 Å². The van der Waals surface area contributed by atoms with Crippen LogP contribution in [0, 0.1) is 0 Å². The standard InChI is InChI=1S/C18H21N3O/c1-3-15(18-20-16-9-4-5-10-17(16)21-18)19-12-13-7-6-8-14(11-13)22-2/h4-11,15,19H,3,12H2,1-2H3,(H,20,21). The van der Waals surface area contributed by atoms with E-state index in [4.69, 9.17) is 4.74 Å². The molecular formula is C18H21N3O. The first-order valence-electron chi connectivity index (χ1n) is 7.61. The molecule has 3 rings (SSSR count). The van der Waals surface area contributed by atoms with Crippen LogP contribution in [-0.4, -0.2) is 17.1 Å². The molecular weight excluding hydrogens is 274 g/mol. The lowest BCUT2D eigenvalue weighted by molar-refractivity contribution is 0.413. The second-order valence-corrected chi connectivity index (χ2v) is 5.33. The van der Waals surface area contributed by atoms with Gasteiger partial charge in [-0.05, 0) is 36.2 Å². The molecule has 0 saturated heterocycles. The van der Waals surface area contributed by atoms with Crippen LogP contribution in [0.1, 0.15) is 30.8 Å². The summed E-state index contributed by atoms with van der Waals surface area (Å²) in [5, 5.41) is 3.56. The number of methoxy groups -OCH3 is 1. The largest absolute Gasteiger partial charge is 0.497 e. The highest BCUT2D eigenvalue weighted by molar-refractivity contribution is 5.74. The molecule has 0 amide bonds. The third-order valence-corrected chi connectivity index (χ3v) is 3.83. The highest BCUT2D eigenvalue weighted by Crippen LogP contribution is 2.19. The van der Waals surface area contributed by atoms with Crippen LogP contribution in [0.4, 0.5) is 0 Å². The average molecular weight is 295 g/mol. The summed E-state index contributed by atoms with van der Waals surface area (Å²) in [4.78, 5) is 8.09. The molecule has 0 fully saturated rings. The van der Waals surface area contributed by atoms with Crippen molar-refractivity contribution in [3.63, 3.8) is 0 Å². The van der Waals surface area contributed by atoms with Crippen LogP contribution < -0.4 is 10.1 Å². The molecule has 0 radical (unpaired) electrons. The maximum absolute atomic E-state index is 5.27. The van der Waals surface area contributed by atoms with E-state index in [9.17, 15) is 0 Å². The molecule has 2 aromatic carbocycles. The van der Waals surface area contributed by atoms with E-state index in [1.165, 1.54) is 5.56 Å². The minimum Gasteiger partial charge on any atom is -0.497 e. The topological polar surface area (TPSA) is 49.9 Å². The van der Waals surface area contributed by atoms with Crippen LogP contribution in [0.15, 0.2) is 48.5 Å². The van der Waals surface area contributed by atoms with Gasteiger partial charge in [0.2, 0.25) is 0 Å². The monoisotopic (exact) mass is 295 g/mol. The number of H-pyrrole nitrogens is 1. The number of para-hydroxylation sites is 2. The van der Waals surface area contributed by atoms with Crippen LogP contribution in [0.5, 0.6) is 5.75 Å². The van der Waals surface area contributed by atoms with Gasteiger partial charge in [-0.3, -0.25) is 0 Å². The number of hydrogen-bond acceptors (Lipinski definition) is 3. The van der Waals surface area contributed by atoms with Crippen LogP contribution >= 0.6 is 0 Å². The van der Waals surface area contributed by atoms with E-state index >= 15 is 0 Å². The summed E-state index contributed by atoms with van der Waals surface area (Å²) < 4.78 is 5.27. The molecule has 0 aliphatic carbocycles. The summed E-state index contributed by atoms with van der Waals surface area (Å²) in [7, 11) is 1.69. The Morgan fingerprint density at radius 1 is 1.18 bits per heavy atom. The van der Waals surface area contributed by atoms with E-state index in [1.807, 2.05) is 30.3 Å². The lowest BCUT2D eigenvalue weighted by Crippen LogP contribution is -2.21.